The van der Waals surface area contributed by atoms with E-state index in [0.29, 0.717) is 28.6 Å². The largest absolute Gasteiger partial charge is 0.465 e. The Morgan fingerprint density at radius 3 is 2.30 bits per heavy atom. The number of halogens is 1. The zero-order valence-corrected chi connectivity index (χ0v) is 20.8. The molecular weight excluding hydrogens is 518 g/mol. The lowest BCUT2D eigenvalue weighted by Gasteiger charge is -2.21. The second-order valence-corrected chi connectivity index (χ2v) is 10.0. The first-order valence-electron chi connectivity index (χ1n) is 11.0. The Hall–Kier alpha value is -4.35. The smallest absolute Gasteiger partial charge is 0.409 e. The molecule has 0 aliphatic rings. The lowest BCUT2D eigenvalue weighted by Crippen LogP contribution is -2.42. The molecule has 1 atom stereocenters. The van der Waals surface area contributed by atoms with E-state index in [1.54, 1.807) is 41.2 Å². The number of carbonyl (C=O) groups excluding carboxylic acids is 1. The highest BCUT2D eigenvalue weighted by atomic mass is 35.5. The minimum atomic E-state index is -4.14. The molecule has 4 rings (SSSR count). The number of aromatic nitrogens is 2. The molecule has 3 amide bonds. The van der Waals surface area contributed by atoms with Crippen molar-refractivity contribution in [3.63, 3.8) is 0 Å². The van der Waals surface area contributed by atoms with Gasteiger partial charge in [-0.05, 0) is 60.5 Å². The number of urea groups is 1. The first-order valence-corrected chi connectivity index (χ1v) is 12.8. The Morgan fingerprint density at radius 2 is 1.65 bits per heavy atom. The number of nitrogens with zero attached hydrogens (tertiary/aromatic N) is 2. The van der Waals surface area contributed by atoms with Gasteiger partial charge in [0.25, 0.3) is 10.0 Å². The number of nitrogens with one attached hydrogen (secondary N) is 3. The lowest BCUT2D eigenvalue weighted by atomic mass is 10.1. The number of hydrogen-bond acceptors (Lipinski definition) is 5. The molecule has 12 heteroatoms. The van der Waals surface area contributed by atoms with Gasteiger partial charge in [-0.3, -0.25) is 5.32 Å². The molecular formula is C25H22ClN5O5S. The molecule has 1 aromatic heterocycles. The standard InChI is InChI=1S/C25H22ClN5O5S/c26-18-6-12-21(13-7-18)37(35,36)30-24(32)29-22(16-17-4-2-1-3-5-17)23-27-14-15-31(23)20-10-8-19(9-11-20)28-25(33)34/h1-15,22,28H,16H2,(H,33,34)(H2,29,30,32). The van der Waals surface area contributed by atoms with Crippen molar-refractivity contribution in [2.75, 3.05) is 5.32 Å². The molecule has 0 spiro atoms. The third-order valence-corrected chi connectivity index (χ3v) is 6.92. The summed E-state index contributed by atoms with van der Waals surface area (Å²) in [5.41, 5.74) is 1.95. The molecule has 1 unspecified atom stereocenters. The summed E-state index contributed by atoms with van der Waals surface area (Å²) >= 11 is 5.83. The van der Waals surface area contributed by atoms with Crippen molar-refractivity contribution in [2.45, 2.75) is 17.4 Å². The van der Waals surface area contributed by atoms with Gasteiger partial charge in [-0.15, -0.1) is 0 Å². The molecule has 4 N–H and O–H groups in total. The number of hydrogen-bond donors (Lipinski definition) is 4. The van der Waals surface area contributed by atoms with Crippen LogP contribution in [0.5, 0.6) is 0 Å². The summed E-state index contributed by atoms with van der Waals surface area (Å²) in [5, 5.41) is 14.3. The third kappa shape index (κ3) is 6.66. The van der Waals surface area contributed by atoms with E-state index in [2.05, 4.69) is 15.6 Å². The third-order valence-electron chi connectivity index (χ3n) is 5.32. The maximum absolute atomic E-state index is 12.9. The summed E-state index contributed by atoms with van der Waals surface area (Å²) in [6, 6.07) is 19.7. The van der Waals surface area contributed by atoms with Crippen molar-refractivity contribution in [1.29, 1.82) is 0 Å². The quantitative estimate of drug-likeness (QED) is 0.258. The van der Waals surface area contributed by atoms with Crippen molar-refractivity contribution >= 4 is 39.4 Å². The van der Waals surface area contributed by atoms with Gasteiger partial charge in [-0.2, -0.15) is 0 Å². The predicted octanol–water partition coefficient (Wildman–Crippen LogP) is 4.59. The SMILES string of the molecule is O=C(O)Nc1ccc(-n2ccnc2C(Cc2ccccc2)NC(=O)NS(=O)(=O)c2ccc(Cl)cc2)cc1. The molecule has 4 aromatic rings. The molecule has 0 saturated carbocycles. The van der Waals surface area contributed by atoms with Crippen LogP contribution in [-0.2, 0) is 16.4 Å². The Morgan fingerprint density at radius 1 is 0.973 bits per heavy atom. The van der Waals surface area contributed by atoms with Crippen LogP contribution in [0.15, 0.2) is 96.2 Å². The van der Waals surface area contributed by atoms with Crippen molar-refractivity contribution < 1.29 is 23.1 Å². The van der Waals surface area contributed by atoms with E-state index in [1.165, 1.54) is 24.3 Å². The molecule has 0 aliphatic carbocycles. The topological polar surface area (TPSA) is 142 Å². The Balaban J connectivity index is 1.60. The maximum atomic E-state index is 12.9. The molecule has 0 aliphatic heterocycles. The van der Waals surface area contributed by atoms with E-state index < -0.39 is 28.2 Å². The van der Waals surface area contributed by atoms with Gasteiger partial charge >= 0.3 is 12.1 Å². The minimum Gasteiger partial charge on any atom is -0.465 e. The fourth-order valence-electron chi connectivity index (χ4n) is 3.66. The van der Waals surface area contributed by atoms with Gasteiger partial charge in [0, 0.05) is 28.8 Å². The van der Waals surface area contributed by atoms with E-state index >= 15 is 0 Å². The number of benzene rings is 3. The van der Waals surface area contributed by atoms with Crippen molar-refractivity contribution in [2.24, 2.45) is 0 Å². The molecule has 37 heavy (non-hydrogen) atoms. The second kappa shape index (κ2) is 11.1. The number of amides is 3. The molecule has 190 valence electrons. The van der Waals surface area contributed by atoms with Crippen molar-refractivity contribution in [3.8, 4) is 5.69 Å². The first kappa shape index (κ1) is 25.7. The van der Waals surface area contributed by atoms with E-state index in [1.807, 2.05) is 35.1 Å². The maximum Gasteiger partial charge on any atom is 0.409 e. The van der Waals surface area contributed by atoms with Crippen LogP contribution in [0.2, 0.25) is 5.02 Å². The van der Waals surface area contributed by atoms with Gasteiger partial charge in [-0.1, -0.05) is 41.9 Å². The van der Waals surface area contributed by atoms with Crippen LogP contribution in [0.4, 0.5) is 15.3 Å². The van der Waals surface area contributed by atoms with Crippen LogP contribution < -0.4 is 15.4 Å². The second-order valence-electron chi connectivity index (χ2n) is 7.91. The van der Waals surface area contributed by atoms with Crippen LogP contribution in [0.1, 0.15) is 17.4 Å². The highest BCUT2D eigenvalue weighted by Gasteiger charge is 2.24. The first-order chi connectivity index (χ1) is 17.7. The minimum absolute atomic E-state index is 0.108. The Labute approximate surface area is 218 Å². The number of carbonyl (C=O) groups is 2. The molecule has 0 bridgehead atoms. The van der Waals surface area contributed by atoms with Crippen molar-refractivity contribution in [3.05, 3.63) is 108 Å². The van der Waals surface area contributed by atoms with Gasteiger partial charge in [0.15, 0.2) is 0 Å². The predicted molar refractivity (Wildman–Crippen MR) is 138 cm³/mol. The summed E-state index contributed by atoms with van der Waals surface area (Å²) in [6.45, 7) is 0. The summed E-state index contributed by atoms with van der Waals surface area (Å²) in [4.78, 5) is 28.1. The number of sulfonamides is 1. The van der Waals surface area contributed by atoms with E-state index in [0.717, 1.165) is 5.56 Å². The molecule has 3 aromatic carbocycles. The fraction of sp³-hybridized carbons (Fsp3) is 0.0800. The molecule has 10 nitrogen and oxygen atoms in total. The van der Waals surface area contributed by atoms with Gasteiger partial charge in [0.1, 0.15) is 5.82 Å². The van der Waals surface area contributed by atoms with Crippen molar-refractivity contribution in [1.82, 2.24) is 19.6 Å². The molecule has 0 radical (unpaired) electrons. The number of carboxylic acid groups (broad SMARTS) is 1. The average Bonchev–Trinajstić information content (AvgIpc) is 3.34. The molecule has 0 saturated heterocycles. The fourth-order valence-corrected chi connectivity index (χ4v) is 4.70. The van der Waals surface area contributed by atoms with E-state index in [-0.39, 0.29) is 4.90 Å². The van der Waals surface area contributed by atoms with Gasteiger partial charge in [-0.25, -0.2) is 27.7 Å². The molecule has 1 heterocycles. The van der Waals surface area contributed by atoms with Crippen LogP contribution in [0.25, 0.3) is 5.69 Å². The van der Waals surface area contributed by atoms with Crippen LogP contribution in [0, 0.1) is 0 Å². The summed E-state index contributed by atoms with van der Waals surface area (Å²) in [5.74, 6) is 0.446. The van der Waals surface area contributed by atoms with Gasteiger partial charge < -0.3 is 15.0 Å². The van der Waals surface area contributed by atoms with Crippen LogP contribution in [0.3, 0.4) is 0 Å². The summed E-state index contributed by atoms with van der Waals surface area (Å²) in [7, 11) is -4.14. The molecule has 0 fully saturated rings. The van der Waals surface area contributed by atoms with Gasteiger partial charge in [0.05, 0.1) is 10.9 Å². The monoisotopic (exact) mass is 539 g/mol. The zero-order valence-electron chi connectivity index (χ0n) is 19.2. The van der Waals surface area contributed by atoms with Gasteiger partial charge in [0.2, 0.25) is 0 Å². The summed E-state index contributed by atoms with van der Waals surface area (Å²) < 4.78 is 29.1. The van der Waals surface area contributed by atoms with E-state index in [4.69, 9.17) is 16.7 Å². The zero-order chi connectivity index (χ0) is 26.4. The normalized spacial score (nSPS) is 11.9. The highest BCUT2D eigenvalue weighted by Crippen LogP contribution is 2.22. The van der Waals surface area contributed by atoms with Crippen LogP contribution >= 0.6 is 11.6 Å². The Bertz CT molecular complexity index is 1490. The average molecular weight is 540 g/mol. The summed E-state index contributed by atoms with van der Waals surface area (Å²) in [6.07, 6.45) is 2.39. The Kier molecular flexibility index (Phi) is 7.75. The number of rotatable bonds is 8. The lowest BCUT2D eigenvalue weighted by molar-refractivity contribution is 0.209. The van der Waals surface area contributed by atoms with E-state index in [9.17, 15) is 18.0 Å². The number of imidazole rings is 1. The highest BCUT2D eigenvalue weighted by molar-refractivity contribution is 7.90. The number of anilines is 1. The van der Waals surface area contributed by atoms with Crippen LogP contribution in [-0.4, -0.2) is 35.2 Å².